The number of rotatable bonds is 5. The van der Waals surface area contributed by atoms with E-state index in [2.05, 4.69) is 42.3 Å². The fourth-order valence-corrected chi connectivity index (χ4v) is 4.04. The number of fused-ring (bicyclic) bond motifs is 1. The molecular weight excluding hydrogens is 605 g/mol. The van der Waals surface area contributed by atoms with Gasteiger partial charge in [0, 0.05) is 44.1 Å². The molecule has 0 bridgehead atoms. The van der Waals surface area contributed by atoms with Gasteiger partial charge in [-0.05, 0) is 51.2 Å². The summed E-state index contributed by atoms with van der Waals surface area (Å²) in [6, 6.07) is 20.6. The molecule has 0 N–H and O–H groups in total. The molecule has 0 atom stereocenters. The van der Waals surface area contributed by atoms with Gasteiger partial charge in [0.2, 0.25) is 0 Å². The van der Waals surface area contributed by atoms with E-state index < -0.39 is 5.41 Å². The van der Waals surface area contributed by atoms with Crippen LogP contribution in [0.5, 0.6) is 11.5 Å². The normalized spacial score (nSPS) is 13.4. The van der Waals surface area contributed by atoms with E-state index in [0.717, 1.165) is 34.1 Å². The molecule has 7 heteroatoms. The molecule has 6 nitrogen and oxygen atoms in total. The van der Waals surface area contributed by atoms with E-state index in [1.807, 2.05) is 91.5 Å². The summed E-state index contributed by atoms with van der Waals surface area (Å²) in [4.78, 5) is 13.4. The Morgan fingerprint density at radius 2 is 1.82 bits per heavy atom. The Bertz CT molecular complexity index is 1350. The fraction of sp³-hybridized carbons (Fsp3) is 0.222. The van der Waals surface area contributed by atoms with Gasteiger partial charge >= 0.3 is 0 Å². The monoisotopic (exact) mass is 631 g/mol. The van der Waals surface area contributed by atoms with Crippen LogP contribution >= 0.6 is 0 Å². The first kappa shape index (κ1) is 24.0. The number of nitrogens with zero attached hydrogens (tertiary/aromatic N) is 5. The molecule has 4 heterocycles. The molecule has 5 rings (SSSR count). The number of pyridine rings is 2. The number of anilines is 1. The van der Waals surface area contributed by atoms with E-state index in [9.17, 15) is 0 Å². The molecule has 178 valence electrons. The summed E-state index contributed by atoms with van der Waals surface area (Å²) in [5.41, 5.74) is 5.28. The summed E-state index contributed by atoms with van der Waals surface area (Å²) in [6.07, 6.45) is 5.79. The van der Waals surface area contributed by atoms with Crippen molar-refractivity contribution in [2.75, 3.05) is 11.9 Å². The van der Waals surface area contributed by atoms with Gasteiger partial charge in [-0.25, -0.2) is 0 Å². The third-order valence-electron chi connectivity index (χ3n) is 6.01. The second-order valence-electron chi connectivity index (χ2n) is 8.79. The minimum atomic E-state index is -0.414. The van der Waals surface area contributed by atoms with Crippen LogP contribution in [-0.4, -0.2) is 26.3 Å². The predicted molar refractivity (Wildman–Crippen MR) is 129 cm³/mol. The third-order valence-corrected chi connectivity index (χ3v) is 6.01. The number of aromatic nitrogens is 3. The number of aryl methyl sites for hydroxylation is 2. The van der Waals surface area contributed by atoms with Crippen molar-refractivity contribution in [3.63, 3.8) is 0 Å². The zero-order valence-corrected chi connectivity index (χ0v) is 22.1. The van der Waals surface area contributed by atoms with E-state index in [-0.39, 0.29) is 21.1 Å². The molecule has 1 aliphatic heterocycles. The van der Waals surface area contributed by atoms with Crippen molar-refractivity contribution in [3.8, 4) is 11.5 Å². The maximum atomic E-state index is 6.27. The van der Waals surface area contributed by atoms with Crippen LogP contribution in [0, 0.1) is 32.6 Å². The first-order chi connectivity index (χ1) is 15.8. The van der Waals surface area contributed by atoms with Crippen LogP contribution in [0.15, 0.2) is 61.1 Å². The number of hydrogen-bond donors (Lipinski definition) is 0. The molecule has 0 amide bonds. The predicted octanol–water partition coefficient (Wildman–Crippen LogP) is 5.40. The smallest absolute Gasteiger partial charge is 0.0573 e. The van der Waals surface area contributed by atoms with Gasteiger partial charge in [-0.2, -0.15) is 18.8 Å². The molecular formula is C27H26N5OPt-3. The maximum absolute atomic E-state index is 6.27. The van der Waals surface area contributed by atoms with E-state index in [0.29, 0.717) is 11.5 Å². The Hall–Kier alpha value is -3.11. The third kappa shape index (κ3) is 4.35. The van der Waals surface area contributed by atoms with Crippen LogP contribution in [-0.2, 0) is 26.5 Å². The largest absolute Gasteiger partial charge is 0.521 e. The minimum Gasteiger partial charge on any atom is -0.521 e. The average Bonchev–Trinajstić information content (AvgIpc) is 3.37. The van der Waals surface area contributed by atoms with Crippen LogP contribution in [0.4, 0.5) is 5.69 Å². The number of imidazole rings is 1. The van der Waals surface area contributed by atoms with Gasteiger partial charge in [0.05, 0.1) is 17.0 Å². The number of hydrogen-bond acceptors (Lipinski definition) is 5. The Morgan fingerprint density at radius 3 is 2.53 bits per heavy atom. The molecule has 0 saturated heterocycles. The van der Waals surface area contributed by atoms with Crippen LogP contribution in [0.1, 0.15) is 36.6 Å². The standard InChI is InChI=1S/C27H26N5O.Pt/c1-19-20(2)32-25(27(3,4)24-11-6-7-12-28-24)16-23(17-26(32)29-19)33-22-10-8-9-21(15-22)31-14-13-30(5)18-31;/h6-14,17-18H,1-5H3;/q-3;. The first-order valence-corrected chi connectivity index (χ1v) is 10.9. The second-order valence-corrected chi connectivity index (χ2v) is 8.79. The SMILES string of the molecule is Cc1nc2cc(Oc3[c-]c(N4C=CN(C)[CH-]4)ccc3)[c-]c(C(C)(C)c3ccccn3)n2c1C.[Pt]. The van der Waals surface area contributed by atoms with Crippen LogP contribution in [0.2, 0.25) is 0 Å². The van der Waals surface area contributed by atoms with E-state index in [1.54, 1.807) is 0 Å². The summed E-state index contributed by atoms with van der Waals surface area (Å²) in [6.45, 7) is 10.4. The summed E-state index contributed by atoms with van der Waals surface area (Å²) in [7, 11) is 1.99. The van der Waals surface area contributed by atoms with Crippen molar-refractivity contribution >= 4 is 11.3 Å². The molecule has 0 spiro atoms. The minimum absolute atomic E-state index is 0. The van der Waals surface area contributed by atoms with E-state index >= 15 is 0 Å². The quantitative estimate of drug-likeness (QED) is 0.276. The van der Waals surface area contributed by atoms with Gasteiger partial charge in [0.1, 0.15) is 0 Å². The summed E-state index contributed by atoms with van der Waals surface area (Å²) in [5.74, 6) is 1.21. The summed E-state index contributed by atoms with van der Waals surface area (Å²) in [5, 5.41) is 0. The molecule has 1 aliphatic rings. The molecule has 4 aromatic rings. The average molecular weight is 632 g/mol. The fourth-order valence-electron chi connectivity index (χ4n) is 4.04. The van der Waals surface area contributed by atoms with Gasteiger partial charge in [-0.15, -0.1) is 30.0 Å². The van der Waals surface area contributed by atoms with Crippen molar-refractivity contribution in [1.82, 2.24) is 19.3 Å². The molecule has 34 heavy (non-hydrogen) atoms. The van der Waals surface area contributed by atoms with Gasteiger partial charge in [0.25, 0.3) is 0 Å². The van der Waals surface area contributed by atoms with Gasteiger partial charge in [0.15, 0.2) is 0 Å². The molecule has 0 fully saturated rings. The van der Waals surface area contributed by atoms with Crippen molar-refractivity contribution < 1.29 is 25.8 Å². The molecule has 0 radical (unpaired) electrons. The molecule has 1 aromatic carbocycles. The van der Waals surface area contributed by atoms with Crippen molar-refractivity contribution in [2.45, 2.75) is 33.1 Å². The second kappa shape index (κ2) is 9.26. The Morgan fingerprint density at radius 1 is 1.00 bits per heavy atom. The van der Waals surface area contributed by atoms with E-state index in [4.69, 9.17) is 9.72 Å². The zero-order chi connectivity index (χ0) is 23.2. The van der Waals surface area contributed by atoms with Gasteiger partial charge < -0.3 is 18.9 Å². The number of benzene rings is 1. The molecule has 0 aliphatic carbocycles. The zero-order valence-electron chi connectivity index (χ0n) is 19.8. The topological polar surface area (TPSA) is 45.9 Å². The number of ether oxygens (including phenoxy) is 1. The van der Waals surface area contributed by atoms with Gasteiger partial charge in [-0.3, -0.25) is 9.97 Å². The van der Waals surface area contributed by atoms with Crippen molar-refractivity contribution in [1.29, 1.82) is 0 Å². The van der Waals surface area contributed by atoms with Crippen LogP contribution in [0.25, 0.3) is 5.65 Å². The molecule has 0 unspecified atom stereocenters. The maximum Gasteiger partial charge on any atom is 0.0573 e. The van der Waals surface area contributed by atoms with Crippen LogP contribution < -0.4 is 9.64 Å². The Kier molecular flexibility index (Phi) is 6.55. The Labute approximate surface area is 215 Å². The Balaban J connectivity index is 0.00000274. The first-order valence-electron chi connectivity index (χ1n) is 10.9. The van der Waals surface area contributed by atoms with Gasteiger partial charge in [-0.1, -0.05) is 25.6 Å². The summed E-state index contributed by atoms with van der Waals surface area (Å²) < 4.78 is 8.42. The van der Waals surface area contributed by atoms with Crippen LogP contribution in [0.3, 0.4) is 0 Å². The van der Waals surface area contributed by atoms with Crippen molar-refractivity contribution in [2.24, 2.45) is 0 Å². The molecule has 3 aromatic heterocycles. The van der Waals surface area contributed by atoms with E-state index in [1.165, 1.54) is 0 Å². The summed E-state index contributed by atoms with van der Waals surface area (Å²) >= 11 is 0. The molecule has 0 saturated carbocycles. The van der Waals surface area contributed by atoms with Crippen molar-refractivity contribution in [3.05, 3.63) is 103 Å².